The first-order chi connectivity index (χ1) is 28.3. The van der Waals surface area contributed by atoms with E-state index >= 15 is 0 Å². The molecule has 0 unspecified atom stereocenters. The number of hydrogen-bond acceptors (Lipinski definition) is 8. The number of alkyl carbamates (subject to hydrolysis) is 2. The molecule has 4 atom stereocenters. The molecule has 3 aromatic rings. The average Bonchev–Trinajstić information content (AvgIpc) is 4.01. The Bertz CT molecular complexity index is 2180. The van der Waals surface area contributed by atoms with Gasteiger partial charge in [0.05, 0.1) is 17.9 Å². The molecule has 0 saturated heterocycles. The summed E-state index contributed by atoms with van der Waals surface area (Å²) in [6.07, 6.45) is 10.9. The quantitative estimate of drug-likeness (QED) is 0.165. The van der Waals surface area contributed by atoms with E-state index in [1.165, 1.54) is 0 Å². The second-order valence-corrected chi connectivity index (χ2v) is 18.3. The summed E-state index contributed by atoms with van der Waals surface area (Å²) in [5, 5.41) is 5.57. The van der Waals surface area contributed by atoms with E-state index in [9.17, 15) is 19.2 Å². The maximum atomic E-state index is 13.8. The highest BCUT2D eigenvalue weighted by Gasteiger charge is 2.38. The molecule has 13 nitrogen and oxygen atoms in total. The molecule has 1 aromatic heterocycles. The van der Waals surface area contributed by atoms with Gasteiger partial charge in [-0.25, -0.2) is 14.6 Å². The number of ether oxygens (including phenoxy) is 2. The van der Waals surface area contributed by atoms with Crippen molar-refractivity contribution in [2.45, 2.75) is 111 Å². The number of aromatic nitrogens is 2. The minimum atomic E-state index is -0.753. The van der Waals surface area contributed by atoms with Crippen molar-refractivity contribution in [3.8, 4) is 22.4 Å². The molecule has 13 heteroatoms. The SMILES string of the molecule is CC(C)[C@H](NC(=O)OC(C)(C)C)C(=O)N1CC=C[C@H]1C1=NC=C(c2ccc(-c3ccc(-c4cnc([C@@H]5C=CCN5C(=O)[C@@H](NC(=O)OC(C)(C)C)C(C)C)[nH]4)cc3)cc2)C1. The van der Waals surface area contributed by atoms with Crippen LogP contribution >= 0.6 is 0 Å². The molecular formula is C47H59N7O6. The van der Waals surface area contributed by atoms with Crippen molar-refractivity contribution in [3.63, 3.8) is 0 Å². The summed E-state index contributed by atoms with van der Waals surface area (Å²) in [5.74, 6) is -0.0185. The molecule has 3 aliphatic rings. The Morgan fingerprint density at radius 1 is 0.683 bits per heavy atom. The van der Waals surface area contributed by atoms with E-state index in [1.807, 2.05) is 70.3 Å². The van der Waals surface area contributed by atoms with Gasteiger partial charge in [0.2, 0.25) is 11.8 Å². The molecule has 4 amide bonds. The van der Waals surface area contributed by atoms with Crippen molar-refractivity contribution in [1.82, 2.24) is 30.4 Å². The molecule has 60 heavy (non-hydrogen) atoms. The second kappa shape index (κ2) is 17.7. The lowest BCUT2D eigenvalue weighted by Crippen LogP contribution is -2.54. The number of hydrogen-bond donors (Lipinski definition) is 3. The van der Waals surface area contributed by atoms with E-state index in [1.54, 1.807) is 57.5 Å². The van der Waals surface area contributed by atoms with Crippen LogP contribution in [0, 0.1) is 11.8 Å². The number of aromatic amines is 1. The Kier molecular flexibility index (Phi) is 12.9. The zero-order chi connectivity index (χ0) is 43.5. The van der Waals surface area contributed by atoms with E-state index < -0.39 is 41.5 Å². The Balaban J connectivity index is 1.06. The number of nitrogens with one attached hydrogen (secondary N) is 3. The zero-order valence-electron chi connectivity index (χ0n) is 36.4. The molecule has 3 N–H and O–H groups in total. The number of allylic oxidation sites excluding steroid dienone is 1. The topological polar surface area (TPSA) is 158 Å². The highest BCUT2D eigenvalue weighted by molar-refractivity contribution is 6.05. The summed E-state index contributed by atoms with van der Waals surface area (Å²) in [4.78, 5) is 69.0. The number of H-pyrrole nitrogens is 1. The van der Waals surface area contributed by atoms with Crippen LogP contribution in [0.1, 0.15) is 93.1 Å². The fraction of sp³-hybridized carbons (Fsp3) is 0.447. The Morgan fingerprint density at radius 2 is 1.13 bits per heavy atom. The van der Waals surface area contributed by atoms with Gasteiger partial charge in [-0.15, -0.1) is 0 Å². The summed E-state index contributed by atoms with van der Waals surface area (Å²) in [6, 6.07) is 14.4. The minimum absolute atomic E-state index is 0.135. The Hall–Kier alpha value is -5.98. The molecular weight excluding hydrogens is 759 g/mol. The van der Waals surface area contributed by atoms with Crippen molar-refractivity contribution >= 4 is 35.3 Å². The highest BCUT2D eigenvalue weighted by atomic mass is 16.6. The lowest BCUT2D eigenvalue weighted by atomic mass is 9.96. The number of amides is 4. The molecule has 2 aromatic carbocycles. The van der Waals surface area contributed by atoms with Crippen molar-refractivity contribution in [2.24, 2.45) is 16.8 Å². The van der Waals surface area contributed by atoms with E-state index in [2.05, 4.69) is 57.0 Å². The summed E-state index contributed by atoms with van der Waals surface area (Å²) in [5.41, 5.74) is 5.55. The number of imidazole rings is 1. The lowest BCUT2D eigenvalue weighted by molar-refractivity contribution is -0.135. The first-order valence-electron chi connectivity index (χ1n) is 20.7. The van der Waals surface area contributed by atoms with Crippen LogP contribution in [0.15, 0.2) is 90.2 Å². The van der Waals surface area contributed by atoms with E-state index in [0.29, 0.717) is 25.3 Å². The standard InChI is InChI=1S/C47H59N7O6/c1-28(2)39(51-44(57)59-46(5,6)7)42(55)53-23-11-13-37(53)35-25-34(26-48-35)32-17-15-30(16-18-32)31-19-21-33(22-20-31)36-27-49-41(50-36)38-14-12-24-54(38)43(56)40(29(3)4)52-45(58)60-47(8,9)10/h11-22,26-29,37-40H,23-25H2,1-10H3,(H,49,50)(H,51,57)(H,52,58)/t37-,38-,39-,40-/m0/s1. The van der Waals surface area contributed by atoms with Gasteiger partial charge in [-0.2, -0.15) is 0 Å². The van der Waals surface area contributed by atoms with Crippen molar-refractivity contribution in [1.29, 1.82) is 0 Å². The van der Waals surface area contributed by atoms with Crippen LogP contribution < -0.4 is 10.6 Å². The third-order valence-electron chi connectivity index (χ3n) is 10.4. The lowest BCUT2D eigenvalue weighted by Gasteiger charge is -2.31. The number of nitrogens with zero attached hydrogens (tertiary/aromatic N) is 4. The van der Waals surface area contributed by atoms with Crippen LogP contribution in [-0.4, -0.2) is 91.9 Å². The predicted molar refractivity (Wildman–Crippen MR) is 234 cm³/mol. The van der Waals surface area contributed by atoms with Gasteiger partial charge in [0.15, 0.2) is 0 Å². The van der Waals surface area contributed by atoms with Gasteiger partial charge >= 0.3 is 12.2 Å². The van der Waals surface area contributed by atoms with Crippen LogP contribution in [0.4, 0.5) is 9.59 Å². The van der Waals surface area contributed by atoms with E-state index in [-0.39, 0.29) is 29.7 Å². The maximum absolute atomic E-state index is 13.8. The first-order valence-corrected chi connectivity index (χ1v) is 20.7. The second-order valence-electron chi connectivity index (χ2n) is 18.3. The molecule has 0 saturated carbocycles. The molecule has 318 valence electrons. The normalized spacial score (nSPS) is 18.7. The summed E-state index contributed by atoms with van der Waals surface area (Å²) in [6.45, 7) is 19.2. The van der Waals surface area contributed by atoms with Gasteiger partial charge in [-0.3, -0.25) is 14.6 Å². The molecule has 4 heterocycles. The number of aliphatic imine (C=N–C) groups is 1. The van der Waals surface area contributed by atoms with Crippen molar-refractivity contribution in [3.05, 3.63) is 96.6 Å². The number of carbonyl (C=O) groups excluding carboxylic acids is 4. The Labute approximate surface area is 353 Å². The molecule has 0 fully saturated rings. The summed E-state index contributed by atoms with van der Waals surface area (Å²) < 4.78 is 10.9. The van der Waals surface area contributed by atoms with Gasteiger partial charge < -0.3 is 34.9 Å². The molecule has 0 spiro atoms. The monoisotopic (exact) mass is 817 g/mol. The van der Waals surface area contributed by atoms with Crippen LogP contribution in [0.2, 0.25) is 0 Å². The summed E-state index contributed by atoms with van der Waals surface area (Å²) in [7, 11) is 0. The molecule has 3 aliphatic heterocycles. The van der Waals surface area contributed by atoms with Crippen LogP contribution in [0.25, 0.3) is 28.0 Å². The Morgan fingerprint density at radius 3 is 1.62 bits per heavy atom. The first kappa shape index (κ1) is 43.6. The van der Waals surface area contributed by atoms with Crippen molar-refractivity contribution < 1.29 is 28.7 Å². The molecule has 0 radical (unpaired) electrons. The van der Waals surface area contributed by atoms with Crippen molar-refractivity contribution in [2.75, 3.05) is 13.1 Å². The number of rotatable bonds is 11. The average molecular weight is 818 g/mol. The van der Waals surface area contributed by atoms with Gasteiger partial charge in [0.1, 0.15) is 35.2 Å². The maximum Gasteiger partial charge on any atom is 0.408 e. The smallest absolute Gasteiger partial charge is 0.408 e. The molecule has 0 bridgehead atoms. The third kappa shape index (κ3) is 10.4. The fourth-order valence-electron chi connectivity index (χ4n) is 7.44. The van der Waals surface area contributed by atoms with E-state index in [0.717, 1.165) is 39.2 Å². The van der Waals surface area contributed by atoms with Gasteiger partial charge in [0, 0.05) is 31.4 Å². The van der Waals surface area contributed by atoms with Gasteiger partial charge in [0.25, 0.3) is 0 Å². The number of carbonyl (C=O) groups is 4. The van der Waals surface area contributed by atoms with E-state index in [4.69, 9.17) is 14.5 Å². The van der Waals surface area contributed by atoms with Crippen LogP contribution in [0.3, 0.4) is 0 Å². The number of benzene rings is 2. The summed E-state index contributed by atoms with van der Waals surface area (Å²) >= 11 is 0. The molecule has 0 aliphatic carbocycles. The zero-order valence-corrected chi connectivity index (χ0v) is 36.4. The highest BCUT2D eigenvalue weighted by Crippen LogP contribution is 2.32. The third-order valence-corrected chi connectivity index (χ3v) is 10.4. The van der Waals surface area contributed by atoms with Crippen LogP contribution in [-0.2, 0) is 19.1 Å². The minimum Gasteiger partial charge on any atom is -0.444 e. The van der Waals surface area contributed by atoms with Crippen LogP contribution in [0.5, 0.6) is 0 Å². The molecule has 6 rings (SSSR count). The fourth-order valence-corrected chi connectivity index (χ4v) is 7.44. The largest absolute Gasteiger partial charge is 0.444 e. The van der Waals surface area contributed by atoms with Gasteiger partial charge in [-0.1, -0.05) is 101 Å². The van der Waals surface area contributed by atoms with Gasteiger partial charge in [-0.05, 0) is 81.2 Å². The predicted octanol–water partition coefficient (Wildman–Crippen LogP) is 8.23.